The van der Waals surface area contributed by atoms with Crippen molar-refractivity contribution in [3.8, 4) is 0 Å². The van der Waals surface area contributed by atoms with E-state index in [-0.39, 0.29) is 29.3 Å². The van der Waals surface area contributed by atoms with Crippen molar-refractivity contribution in [2.45, 2.75) is 19.4 Å². The van der Waals surface area contributed by atoms with Crippen molar-refractivity contribution in [3.63, 3.8) is 0 Å². The predicted molar refractivity (Wildman–Crippen MR) is 82.1 cm³/mol. The number of aromatic nitrogens is 1. The Hall–Kier alpha value is -1.89. The van der Waals surface area contributed by atoms with E-state index < -0.39 is 9.84 Å². The Bertz CT molecular complexity index is 857. The second-order valence-electron chi connectivity index (χ2n) is 5.79. The molecule has 5 nitrogen and oxygen atoms in total. The molecule has 1 aliphatic rings. The van der Waals surface area contributed by atoms with Crippen LogP contribution in [-0.4, -0.2) is 48.8 Å². The number of carbonyl (C=O) groups is 1. The molecule has 0 aliphatic carbocycles. The van der Waals surface area contributed by atoms with E-state index in [9.17, 15) is 17.6 Å². The highest BCUT2D eigenvalue weighted by molar-refractivity contribution is 7.91. The van der Waals surface area contributed by atoms with Gasteiger partial charge in [0.25, 0.3) is 5.91 Å². The van der Waals surface area contributed by atoms with Crippen molar-refractivity contribution in [1.82, 2.24) is 9.88 Å². The lowest BCUT2D eigenvalue weighted by molar-refractivity contribution is 0.0742. The van der Waals surface area contributed by atoms with Crippen LogP contribution in [0, 0.1) is 12.7 Å². The first-order chi connectivity index (χ1) is 10.3. The number of fused-ring (bicyclic) bond motifs is 1. The lowest BCUT2D eigenvalue weighted by Crippen LogP contribution is -2.38. The van der Waals surface area contributed by atoms with Gasteiger partial charge in [-0.3, -0.25) is 4.79 Å². The van der Waals surface area contributed by atoms with E-state index in [1.807, 2.05) is 0 Å². The molecule has 1 atom stereocenters. The summed E-state index contributed by atoms with van der Waals surface area (Å²) < 4.78 is 36.4. The summed E-state index contributed by atoms with van der Waals surface area (Å²) in [6.45, 7) is 1.79. The minimum atomic E-state index is -3.05. The molecule has 118 valence electrons. The molecule has 2 aromatic rings. The molecule has 22 heavy (non-hydrogen) atoms. The third kappa shape index (κ3) is 2.49. The summed E-state index contributed by atoms with van der Waals surface area (Å²) in [4.78, 5) is 17.0. The summed E-state index contributed by atoms with van der Waals surface area (Å²) in [6, 6.07) is 4.02. The number of hydrogen-bond donors (Lipinski definition) is 1. The Labute approximate surface area is 128 Å². The van der Waals surface area contributed by atoms with Gasteiger partial charge in [-0.05, 0) is 37.1 Å². The first kappa shape index (κ1) is 15.0. The van der Waals surface area contributed by atoms with Gasteiger partial charge >= 0.3 is 0 Å². The van der Waals surface area contributed by atoms with Crippen molar-refractivity contribution in [1.29, 1.82) is 0 Å². The predicted octanol–water partition coefficient (Wildman–Crippen LogP) is 1.87. The summed E-state index contributed by atoms with van der Waals surface area (Å²) in [5, 5.41) is 0.789. The smallest absolute Gasteiger partial charge is 0.270 e. The van der Waals surface area contributed by atoms with Gasteiger partial charge in [-0.2, -0.15) is 0 Å². The van der Waals surface area contributed by atoms with Crippen LogP contribution in [-0.2, 0) is 9.84 Å². The molecule has 7 heteroatoms. The summed E-state index contributed by atoms with van der Waals surface area (Å²) >= 11 is 0. The van der Waals surface area contributed by atoms with Crippen molar-refractivity contribution in [3.05, 3.63) is 35.3 Å². The molecule has 0 saturated carbocycles. The molecule has 1 fully saturated rings. The highest BCUT2D eigenvalue weighted by atomic mass is 32.2. The summed E-state index contributed by atoms with van der Waals surface area (Å²) in [6.07, 6.45) is 0.457. The fourth-order valence-electron chi connectivity index (χ4n) is 2.95. The minimum absolute atomic E-state index is 0.00312. The number of halogens is 1. The minimum Gasteiger partial charge on any atom is -0.350 e. The van der Waals surface area contributed by atoms with E-state index >= 15 is 0 Å². The van der Waals surface area contributed by atoms with E-state index in [1.54, 1.807) is 20.0 Å². The Morgan fingerprint density at radius 2 is 2.14 bits per heavy atom. The van der Waals surface area contributed by atoms with Crippen molar-refractivity contribution >= 4 is 26.6 Å². The first-order valence-corrected chi connectivity index (χ1v) is 8.86. The van der Waals surface area contributed by atoms with Crippen LogP contribution < -0.4 is 0 Å². The van der Waals surface area contributed by atoms with Crippen molar-refractivity contribution in [2.24, 2.45) is 0 Å². The Balaban J connectivity index is 1.93. The molecule has 1 saturated heterocycles. The number of aryl methyl sites for hydroxylation is 1. The van der Waals surface area contributed by atoms with Crippen LogP contribution >= 0.6 is 0 Å². The number of hydrogen-bond acceptors (Lipinski definition) is 3. The lowest BCUT2D eigenvalue weighted by atomic mass is 10.1. The van der Waals surface area contributed by atoms with Gasteiger partial charge in [-0.1, -0.05) is 0 Å². The number of sulfone groups is 1. The standard InChI is InChI=1S/C15H17FN2O3S/c1-9-12-4-3-10(16)7-13(12)17-14(9)15(19)18(2)11-5-6-22(20,21)8-11/h3-4,7,11,17H,5-6,8H2,1-2H3. The molecule has 0 bridgehead atoms. The zero-order valence-corrected chi connectivity index (χ0v) is 13.2. The Kier molecular flexibility index (Phi) is 3.47. The van der Waals surface area contributed by atoms with Gasteiger partial charge in [-0.25, -0.2) is 12.8 Å². The number of amides is 1. The van der Waals surface area contributed by atoms with E-state index in [0.717, 1.165) is 10.9 Å². The largest absolute Gasteiger partial charge is 0.350 e. The third-order valence-corrected chi connectivity index (χ3v) is 6.06. The molecule has 2 heterocycles. The van der Waals surface area contributed by atoms with Gasteiger partial charge < -0.3 is 9.88 Å². The lowest BCUT2D eigenvalue weighted by Gasteiger charge is -2.23. The summed E-state index contributed by atoms with van der Waals surface area (Å²) in [5.74, 6) is -0.519. The highest BCUT2D eigenvalue weighted by Gasteiger charge is 2.33. The molecular formula is C15H17FN2O3S. The van der Waals surface area contributed by atoms with E-state index in [2.05, 4.69) is 4.98 Å². The molecule has 0 spiro atoms. The van der Waals surface area contributed by atoms with E-state index in [0.29, 0.717) is 17.6 Å². The number of rotatable bonds is 2. The quantitative estimate of drug-likeness (QED) is 0.917. The van der Waals surface area contributed by atoms with Gasteiger partial charge in [0, 0.05) is 24.0 Å². The molecule has 3 rings (SSSR count). The number of aromatic amines is 1. The number of nitrogens with zero attached hydrogens (tertiary/aromatic N) is 1. The Morgan fingerprint density at radius 1 is 1.41 bits per heavy atom. The van der Waals surface area contributed by atoms with Crippen LogP contribution in [0.25, 0.3) is 10.9 Å². The van der Waals surface area contributed by atoms with Crippen LogP contribution in [0.3, 0.4) is 0 Å². The topological polar surface area (TPSA) is 70.2 Å². The first-order valence-electron chi connectivity index (χ1n) is 7.04. The van der Waals surface area contributed by atoms with Crippen LogP contribution in [0.4, 0.5) is 4.39 Å². The van der Waals surface area contributed by atoms with Crippen molar-refractivity contribution in [2.75, 3.05) is 18.6 Å². The molecule has 1 unspecified atom stereocenters. The number of nitrogens with one attached hydrogen (secondary N) is 1. The van der Waals surface area contributed by atoms with E-state index in [4.69, 9.17) is 0 Å². The van der Waals surface area contributed by atoms with Gasteiger partial charge in [0.1, 0.15) is 11.5 Å². The SMILES string of the molecule is Cc1c(C(=O)N(C)C2CCS(=O)(=O)C2)[nH]c2cc(F)ccc12. The van der Waals surface area contributed by atoms with Gasteiger partial charge in [0.2, 0.25) is 0 Å². The van der Waals surface area contributed by atoms with Crippen LogP contribution in [0.1, 0.15) is 22.5 Å². The molecule has 1 aromatic heterocycles. The van der Waals surface area contributed by atoms with Crippen LogP contribution in [0.5, 0.6) is 0 Å². The fourth-order valence-corrected chi connectivity index (χ4v) is 4.72. The normalized spacial score (nSPS) is 20.4. The van der Waals surface area contributed by atoms with Gasteiger partial charge in [-0.15, -0.1) is 0 Å². The number of H-pyrrole nitrogens is 1. The second-order valence-corrected chi connectivity index (χ2v) is 8.02. The molecule has 1 amide bonds. The Morgan fingerprint density at radius 3 is 2.77 bits per heavy atom. The molecule has 1 aromatic carbocycles. The average molecular weight is 324 g/mol. The van der Waals surface area contributed by atoms with Gasteiger partial charge in [0.05, 0.1) is 11.5 Å². The van der Waals surface area contributed by atoms with Crippen molar-refractivity contribution < 1.29 is 17.6 Å². The highest BCUT2D eigenvalue weighted by Crippen LogP contribution is 2.25. The molecule has 1 N–H and O–H groups in total. The van der Waals surface area contributed by atoms with Crippen LogP contribution in [0.15, 0.2) is 18.2 Å². The maximum atomic E-state index is 13.3. The monoisotopic (exact) mass is 324 g/mol. The fraction of sp³-hybridized carbons (Fsp3) is 0.400. The zero-order chi connectivity index (χ0) is 16.1. The molecule has 1 aliphatic heterocycles. The maximum Gasteiger partial charge on any atom is 0.270 e. The average Bonchev–Trinajstić information content (AvgIpc) is 2.97. The third-order valence-electron chi connectivity index (χ3n) is 4.31. The van der Waals surface area contributed by atoms with E-state index in [1.165, 1.54) is 17.0 Å². The van der Waals surface area contributed by atoms with Gasteiger partial charge in [0.15, 0.2) is 9.84 Å². The summed E-state index contributed by atoms with van der Waals surface area (Å²) in [7, 11) is -1.44. The summed E-state index contributed by atoms with van der Waals surface area (Å²) in [5.41, 5.74) is 1.69. The number of benzene rings is 1. The molecular weight excluding hydrogens is 307 g/mol. The second kappa shape index (κ2) is 5.08. The molecule has 0 radical (unpaired) electrons. The van der Waals surface area contributed by atoms with Crippen LogP contribution in [0.2, 0.25) is 0 Å². The number of carbonyl (C=O) groups excluding carboxylic acids is 1. The zero-order valence-electron chi connectivity index (χ0n) is 12.4. The maximum absolute atomic E-state index is 13.3.